The molecule has 0 aromatic heterocycles. The zero-order valence-corrected chi connectivity index (χ0v) is 12.8. The molecule has 108 valence electrons. The molecule has 4 nitrogen and oxygen atoms in total. The van der Waals surface area contributed by atoms with E-state index in [0.717, 1.165) is 6.54 Å². The minimum Gasteiger partial charge on any atom is -0.317 e. The van der Waals surface area contributed by atoms with Gasteiger partial charge in [0.15, 0.2) is 0 Å². The molecule has 0 aromatic carbocycles. The van der Waals surface area contributed by atoms with Crippen molar-refractivity contribution >= 4 is 9.84 Å². The SMILES string of the molecule is CNC1CCCCCC1CN(C)CCS(C)(=O)=O. The summed E-state index contributed by atoms with van der Waals surface area (Å²) in [7, 11) is 1.23. The fraction of sp³-hybridized carbons (Fsp3) is 1.00. The standard InChI is InChI=1S/C13H28N2O2S/c1-14-13-8-6-4-5-7-12(13)11-15(2)9-10-18(3,16)17/h12-14H,4-11H2,1-3H3. The second kappa shape index (κ2) is 7.46. The number of rotatable bonds is 6. The van der Waals surface area contributed by atoms with Crippen LogP contribution in [0.4, 0.5) is 0 Å². The summed E-state index contributed by atoms with van der Waals surface area (Å²) in [5, 5.41) is 3.43. The molecule has 18 heavy (non-hydrogen) atoms. The van der Waals surface area contributed by atoms with Crippen LogP contribution in [0, 0.1) is 5.92 Å². The van der Waals surface area contributed by atoms with E-state index in [1.807, 2.05) is 14.1 Å². The highest BCUT2D eigenvalue weighted by Gasteiger charge is 2.23. The second-order valence-electron chi connectivity index (χ2n) is 5.69. The molecule has 0 radical (unpaired) electrons. The molecule has 1 aliphatic carbocycles. The third-order valence-electron chi connectivity index (χ3n) is 3.92. The lowest BCUT2D eigenvalue weighted by molar-refractivity contribution is 0.237. The first-order chi connectivity index (χ1) is 8.42. The van der Waals surface area contributed by atoms with Gasteiger partial charge in [-0.25, -0.2) is 8.42 Å². The van der Waals surface area contributed by atoms with Gasteiger partial charge in [-0.05, 0) is 32.9 Å². The minimum atomic E-state index is -2.84. The molecule has 1 saturated carbocycles. The Morgan fingerprint density at radius 3 is 2.50 bits per heavy atom. The average Bonchev–Trinajstić information content (AvgIpc) is 2.50. The van der Waals surface area contributed by atoms with Crippen LogP contribution in [0.3, 0.4) is 0 Å². The van der Waals surface area contributed by atoms with E-state index in [-0.39, 0.29) is 5.75 Å². The van der Waals surface area contributed by atoms with Crippen molar-refractivity contribution in [2.45, 2.75) is 38.1 Å². The third kappa shape index (κ3) is 6.16. The lowest BCUT2D eigenvalue weighted by atomic mass is 9.94. The van der Waals surface area contributed by atoms with Crippen LogP contribution in [0.25, 0.3) is 0 Å². The molecule has 0 saturated heterocycles. The second-order valence-corrected chi connectivity index (χ2v) is 7.95. The number of nitrogens with one attached hydrogen (secondary N) is 1. The Morgan fingerprint density at radius 1 is 1.22 bits per heavy atom. The van der Waals surface area contributed by atoms with Gasteiger partial charge in [0.2, 0.25) is 0 Å². The van der Waals surface area contributed by atoms with E-state index in [0.29, 0.717) is 18.5 Å². The molecule has 0 aliphatic heterocycles. The van der Waals surface area contributed by atoms with Crippen molar-refractivity contribution < 1.29 is 8.42 Å². The van der Waals surface area contributed by atoms with Crippen molar-refractivity contribution in [1.29, 1.82) is 0 Å². The Bertz CT molecular complexity index is 330. The van der Waals surface area contributed by atoms with Gasteiger partial charge in [0, 0.05) is 25.4 Å². The van der Waals surface area contributed by atoms with Gasteiger partial charge in [0.05, 0.1) is 5.75 Å². The molecule has 1 N–H and O–H groups in total. The Morgan fingerprint density at radius 2 is 1.89 bits per heavy atom. The lowest BCUT2D eigenvalue weighted by Gasteiger charge is -2.29. The maximum absolute atomic E-state index is 11.2. The van der Waals surface area contributed by atoms with Crippen LogP contribution >= 0.6 is 0 Å². The maximum Gasteiger partial charge on any atom is 0.148 e. The summed E-state index contributed by atoms with van der Waals surface area (Å²) in [6, 6.07) is 0.591. The highest BCUT2D eigenvalue weighted by Crippen LogP contribution is 2.23. The summed E-state index contributed by atoms with van der Waals surface area (Å²) >= 11 is 0. The zero-order valence-electron chi connectivity index (χ0n) is 12.0. The summed E-state index contributed by atoms with van der Waals surface area (Å²) in [6.45, 7) is 1.65. The number of hydrogen-bond acceptors (Lipinski definition) is 4. The predicted molar refractivity (Wildman–Crippen MR) is 76.6 cm³/mol. The van der Waals surface area contributed by atoms with Crippen molar-refractivity contribution in [2.24, 2.45) is 5.92 Å². The van der Waals surface area contributed by atoms with Crippen LogP contribution in [-0.2, 0) is 9.84 Å². The molecule has 2 unspecified atom stereocenters. The lowest BCUT2D eigenvalue weighted by Crippen LogP contribution is -2.40. The van der Waals surface area contributed by atoms with Crippen molar-refractivity contribution in [3.8, 4) is 0 Å². The molecule has 5 heteroatoms. The molecule has 1 rings (SSSR count). The summed E-state index contributed by atoms with van der Waals surface area (Å²) in [5.74, 6) is 0.919. The van der Waals surface area contributed by atoms with E-state index in [4.69, 9.17) is 0 Å². The van der Waals surface area contributed by atoms with Gasteiger partial charge in [0.1, 0.15) is 9.84 Å². The molecule has 1 aliphatic rings. The summed E-state index contributed by atoms with van der Waals surface area (Å²) < 4.78 is 22.3. The molecular weight excluding hydrogens is 248 g/mol. The number of nitrogens with zero attached hydrogens (tertiary/aromatic N) is 1. The zero-order chi connectivity index (χ0) is 13.6. The normalized spacial score (nSPS) is 26.2. The van der Waals surface area contributed by atoms with Gasteiger partial charge in [-0.2, -0.15) is 0 Å². The van der Waals surface area contributed by atoms with Gasteiger partial charge < -0.3 is 10.2 Å². The molecule has 2 atom stereocenters. The van der Waals surface area contributed by atoms with Crippen molar-refractivity contribution in [3.63, 3.8) is 0 Å². The largest absolute Gasteiger partial charge is 0.317 e. The minimum absolute atomic E-state index is 0.264. The predicted octanol–water partition coefficient (Wildman–Crippen LogP) is 1.13. The highest BCUT2D eigenvalue weighted by molar-refractivity contribution is 7.90. The Hall–Kier alpha value is -0.130. The quantitative estimate of drug-likeness (QED) is 0.739. The molecule has 0 bridgehead atoms. The van der Waals surface area contributed by atoms with E-state index < -0.39 is 9.84 Å². The van der Waals surface area contributed by atoms with E-state index in [2.05, 4.69) is 10.2 Å². The fourth-order valence-electron chi connectivity index (χ4n) is 2.80. The Labute approximate surface area is 112 Å². The van der Waals surface area contributed by atoms with Crippen LogP contribution in [0.1, 0.15) is 32.1 Å². The van der Waals surface area contributed by atoms with Crippen molar-refractivity contribution in [2.75, 3.05) is 39.2 Å². The van der Waals surface area contributed by atoms with Gasteiger partial charge in [-0.3, -0.25) is 0 Å². The van der Waals surface area contributed by atoms with Crippen LogP contribution in [0.5, 0.6) is 0 Å². The van der Waals surface area contributed by atoms with Gasteiger partial charge >= 0.3 is 0 Å². The molecule has 0 aromatic rings. The van der Waals surface area contributed by atoms with E-state index in [1.165, 1.54) is 38.4 Å². The topological polar surface area (TPSA) is 49.4 Å². The molecule has 0 amide bonds. The molecular formula is C13H28N2O2S. The molecule has 1 fully saturated rings. The van der Waals surface area contributed by atoms with Crippen molar-refractivity contribution in [1.82, 2.24) is 10.2 Å². The highest BCUT2D eigenvalue weighted by atomic mass is 32.2. The average molecular weight is 276 g/mol. The Kier molecular flexibility index (Phi) is 6.60. The summed E-state index contributed by atoms with van der Waals surface area (Å²) in [6.07, 6.45) is 7.78. The van der Waals surface area contributed by atoms with Gasteiger partial charge in [-0.1, -0.05) is 19.3 Å². The first kappa shape index (κ1) is 15.9. The van der Waals surface area contributed by atoms with Crippen LogP contribution < -0.4 is 5.32 Å². The third-order valence-corrected chi connectivity index (χ3v) is 4.84. The molecule has 0 spiro atoms. The van der Waals surface area contributed by atoms with Crippen molar-refractivity contribution in [3.05, 3.63) is 0 Å². The van der Waals surface area contributed by atoms with Crippen LogP contribution in [0.15, 0.2) is 0 Å². The van der Waals surface area contributed by atoms with E-state index in [1.54, 1.807) is 0 Å². The molecule has 0 heterocycles. The van der Waals surface area contributed by atoms with Gasteiger partial charge in [0.25, 0.3) is 0 Å². The van der Waals surface area contributed by atoms with E-state index >= 15 is 0 Å². The number of sulfone groups is 1. The smallest absolute Gasteiger partial charge is 0.148 e. The van der Waals surface area contributed by atoms with E-state index in [9.17, 15) is 8.42 Å². The number of hydrogen-bond donors (Lipinski definition) is 1. The first-order valence-corrected chi connectivity index (χ1v) is 9.02. The van der Waals surface area contributed by atoms with Crippen LogP contribution in [0.2, 0.25) is 0 Å². The Balaban J connectivity index is 2.42. The fourth-order valence-corrected chi connectivity index (χ4v) is 3.44. The summed E-state index contributed by atoms with van der Waals surface area (Å²) in [4.78, 5) is 2.17. The summed E-state index contributed by atoms with van der Waals surface area (Å²) in [5.41, 5.74) is 0. The first-order valence-electron chi connectivity index (χ1n) is 6.96. The monoisotopic (exact) mass is 276 g/mol. The van der Waals surface area contributed by atoms with Crippen LogP contribution in [-0.4, -0.2) is 58.6 Å². The van der Waals surface area contributed by atoms with Gasteiger partial charge in [-0.15, -0.1) is 0 Å². The maximum atomic E-state index is 11.2.